The molecule has 164 valence electrons. The van der Waals surface area contributed by atoms with E-state index in [1.807, 2.05) is 61.6 Å². The number of alkyl halides is 1. The Kier molecular flexibility index (Phi) is 5.22. The van der Waals surface area contributed by atoms with Crippen LogP contribution in [0.4, 0.5) is 4.39 Å². The van der Waals surface area contributed by atoms with Crippen LogP contribution in [-0.4, -0.2) is 64.2 Å². The van der Waals surface area contributed by atoms with E-state index in [1.165, 1.54) is 6.33 Å². The van der Waals surface area contributed by atoms with Crippen molar-refractivity contribution in [2.75, 3.05) is 27.2 Å². The molecule has 5 rings (SSSR count). The third kappa shape index (κ3) is 3.67. The van der Waals surface area contributed by atoms with Gasteiger partial charge in [0.1, 0.15) is 18.1 Å². The van der Waals surface area contributed by atoms with Gasteiger partial charge in [-0.05, 0) is 13.1 Å². The van der Waals surface area contributed by atoms with Gasteiger partial charge in [0.25, 0.3) is 0 Å². The maximum Gasteiger partial charge on any atom is 0.162 e. The lowest BCUT2D eigenvalue weighted by Crippen LogP contribution is -2.27. The van der Waals surface area contributed by atoms with Crippen LogP contribution in [0.5, 0.6) is 11.5 Å². The highest BCUT2D eigenvalue weighted by atomic mass is 19.1. The molecule has 2 atom stereocenters. The molecule has 0 spiro atoms. The number of fused-ring (bicyclic) bond motifs is 1. The highest BCUT2D eigenvalue weighted by Gasteiger charge is 2.33. The fourth-order valence-corrected chi connectivity index (χ4v) is 4.19. The number of aromatic nitrogens is 4. The number of likely N-dealkylation sites (tertiary alicyclic amines) is 1. The molecule has 4 aromatic rings. The molecule has 0 amide bonds. The Morgan fingerprint density at radius 1 is 1.00 bits per heavy atom. The summed E-state index contributed by atoms with van der Waals surface area (Å²) in [6, 6.07) is 13.6. The highest BCUT2D eigenvalue weighted by molar-refractivity contribution is 5.97. The predicted octanol–water partition coefficient (Wildman–Crippen LogP) is 3.74. The van der Waals surface area contributed by atoms with E-state index >= 15 is 0 Å². The summed E-state index contributed by atoms with van der Waals surface area (Å²) in [7, 11) is 5.33. The summed E-state index contributed by atoms with van der Waals surface area (Å²) in [4.78, 5) is 10.9. The molecule has 2 aromatic heterocycles. The van der Waals surface area contributed by atoms with E-state index in [4.69, 9.17) is 9.47 Å². The molecule has 0 N–H and O–H groups in total. The third-order valence-corrected chi connectivity index (χ3v) is 5.71. The Hall–Kier alpha value is -3.52. The van der Waals surface area contributed by atoms with Crippen molar-refractivity contribution in [3.05, 3.63) is 55.0 Å². The van der Waals surface area contributed by atoms with Gasteiger partial charge in [-0.3, -0.25) is 9.58 Å². The lowest BCUT2D eigenvalue weighted by atomic mass is 10.0. The van der Waals surface area contributed by atoms with Crippen molar-refractivity contribution in [2.24, 2.45) is 7.05 Å². The van der Waals surface area contributed by atoms with Gasteiger partial charge in [-0.25, -0.2) is 14.4 Å². The van der Waals surface area contributed by atoms with Crippen LogP contribution in [0.15, 0.2) is 55.0 Å². The second-order valence-corrected chi connectivity index (χ2v) is 8.07. The highest BCUT2D eigenvalue weighted by Crippen LogP contribution is 2.39. The molecule has 0 bridgehead atoms. The normalized spacial score (nSPS) is 18.9. The Labute approximate surface area is 185 Å². The minimum Gasteiger partial charge on any atom is -0.493 e. The van der Waals surface area contributed by atoms with Crippen LogP contribution in [0, 0.1) is 0 Å². The van der Waals surface area contributed by atoms with Crippen LogP contribution >= 0.6 is 0 Å². The van der Waals surface area contributed by atoms with E-state index in [0.717, 1.165) is 27.9 Å². The lowest BCUT2D eigenvalue weighted by Gasteiger charge is -2.18. The van der Waals surface area contributed by atoms with Gasteiger partial charge in [0.05, 0.1) is 18.3 Å². The molecule has 0 saturated carbocycles. The SMILES string of the molecule is COc1cc2ncnc(-c3cn(C)nc3-c3ccccc3)c2cc1O[C@@H]1CN(C)C[C@@H]1F. The molecular weight excluding hydrogens is 409 g/mol. The number of benzene rings is 2. The van der Waals surface area contributed by atoms with Crippen molar-refractivity contribution in [3.63, 3.8) is 0 Å². The number of aryl methyl sites for hydroxylation is 1. The fourth-order valence-electron chi connectivity index (χ4n) is 4.19. The molecule has 7 nitrogen and oxygen atoms in total. The van der Waals surface area contributed by atoms with Gasteiger partial charge in [-0.1, -0.05) is 30.3 Å². The van der Waals surface area contributed by atoms with Crippen molar-refractivity contribution in [1.82, 2.24) is 24.6 Å². The molecule has 1 aliphatic rings. The third-order valence-electron chi connectivity index (χ3n) is 5.71. The van der Waals surface area contributed by atoms with Gasteiger partial charge in [0.15, 0.2) is 17.7 Å². The van der Waals surface area contributed by atoms with Crippen LogP contribution in [0.2, 0.25) is 0 Å². The van der Waals surface area contributed by atoms with E-state index < -0.39 is 12.3 Å². The monoisotopic (exact) mass is 433 g/mol. The molecule has 0 unspecified atom stereocenters. The van der Waals surface area contributed by atoms with Crippen molar-refractivity contribution in [3.8, 4) is 34.0 Å². The first-order valence-electron chi connectivity index (χ1n) is 10.4. The summed E-state index contributed by atoms with van der Waals surface area (Å²) in [6.07, 6.45) is 1.86. The quantitative estimate of drug-likeness (QED) is 0.478. The van der Waals surface area contributed by atoms with E-state index in [9.17, 15) is 4.39 Å². The van der Waals surface area contributed by atoms with Crippen molar-refractivity contribution < 1.29 is 13.9 Å². The first-order chi connectivity index (χ1) is 15.5. The summed E-state index contributed by atoms with van der Waals surface area (Å²) in [5.41, 5.74) is 4.14. The predicted molar refractivity (Wildman–Crippen MR) is 121 cm³/mol. The van der Waals surface area contributed by atoms with E-state index in [2.05, 4.69) is 15.1 Å². The molecule has 3 heterocycles. The van der Waals surface area contributed by atoms with Crippen LogP contribution < -0.4 is 9.47 Å². The van der Waals surface area contributed by atoms with Crippen LogP contribution in [0.1, 0.15) is 0 Å². The van der Waals surface area contributed by atoms with Gasteiger partial charge in [-0.2, -0.15) is 5.10 Å². The Morgan fingerprint density at radius 3 is 2.53 bits per heavy atom. The van der Waals surface area contributed by atoms with Gasteiger partial charge >= 0.3 is 0 Å². The Balaban J connectivity index is 1.64. The van der Waals surface area contributed by atoms with Crippen LogP contribution in [0.3, 0.4) is 0 Å². The molecule has 8 heteroatoms. The van der Waals surface area contributed by atoms with Crippen molar-refractivity contribution in [2.45, 2.75) is 12.3 Å². The van der Waals surface area contributed by atoms with Crippen molar-refractivity contribution >= 4 is 10.9 Å². The molecule has 0 radical (unpaired) electrons. The zero-order valence-corrected chi connectivity index (χ0v) is 18.2. The average molecular weight is 433 g/mol. The van der Waals surface area contributed by atoms with E-state index in [0.29, 0.717) is 30.1 Å². The Bertz CT molecular complexity index is 1260. The number of halogens is 1. The Morgan fingerprint density at radius 2 is 1.81 bits per heavy atom. The molecule has 2 aromatic carbocycles. The number of methoxy groups -OCH3 is 1. The largest absolute Gasteiger partial charge is 0.493 e. The van der Waals surface area contributed by atoms with Crippen molar-refractivity contribution in [1.29, 1.82) is 0 Å². The minimum atomic E-state index is -1.06. The number of hydrogen-bond donors (Lipinski definition) is 0. The van der Waals surface area contributed by atoms with Gasteiger partial charge in [0, 0.05) is 48.9 Å². The van der Waals surface area contributed by atoms with Crippen LogP contribution in [0.25, 0.3) is 33.4 Å². The smallest absolute Gasteiger partial charge is 0.162 e. The topological polar surface area (TPSA) is 65.3 Å². The molecule has 0 aliphatic carbocycles. The van der Waals surface area contributed by atoms with Gasteiger partial charge < -0.3 is 9.47 Å². The summed E-state index contributed by atoms with van der Waals surface area (Å²) < 4.78 is 27.8. The minimum absolute atomic E-state index is 0.352. The molecule has 1 aliphatic heterocycles. The zero-order chi connectivity index (χ0) is 22.2. The van der Waals surface area contributed by atoms with Gasteiger partial charge in [-0.15, -0.1) is 0 Å². The fraction of sp³-hybridized carbons (Fsp3) is 0.292. The second-order valence-electron chi connectivity index (χ2n) is 8.07. The van der Waals surface area contributed by atoms with E-state index in [-0.39, 0.29) is 0 Å². The molecule has 32 heavy (non-hydrogen) atoms. The van der Waals surface area contributed by atoms with Crippen LogP contribution in [-0.2, 0) is 7.05 Å². The maximum absolute atomic E-state index is 14.4. The summed E-state index contributed by atoms with van der Waals surface area (Å²) in [5, 5.41) is 5.45. The lowest BCUT2D eigenvalue weighted by molar-refractivity contribution is 0.135. The average Bonchev–Trinajstić information content (AvgIpc) is 3.34. The van der Waals surface area contributed by atoms with Gasteiger partial charge in [0.2, 0.25) is 0 Å². The maximum atomic E-state index is 14.4. The zero-order valence-electron chi connectivity index (χ0n) is 18.2. The summed E-state index contributed by atoms with van der Waals surface area (Å²) >= 11 is 0. The second kappa shape index (κ2) is 8.20. The molecular formula is C24H24FN5O2. The van der Waals surface area contributed by atoms with E-state index in [1.54, 1.807) is 17.9 Å². The number of rotatable bonds is 5. The standard InChI is InChI=1S/C24H24FN5O2/c1-29-12-18(25)22(13-29)32-21-9-16-19(10-20(21)31-3)26-14-27-24(16)17-11-30(2)28-23(17)15-7-5-4-6-8-15/h4-11,14,18,22H,12-13H2,1-3H3/t18-,22+/m0/s1. The first-order valence-corrected chi connectivity index (χ1v) is 10.4. The summed E-state index contributed by atoms with van der Waals surface area (Å²) in [6.45, 7) is 0.867. The number of likely N-dealkylation sites (N-methyl/N-ethyl adjacent to an activating group) is 1. The number of nitrogens with zero attached hydrogens (tertiary/aromatic N) is 5. The first kappa shape index (κ1) is 20.4. The summed E-state index contributed by atoms with van der Waals surface area (Å²) in [5.74, 6) is 0.988. The molecule has 1 saturated heterocycles. The number of hydrogen-bond acceptors (Lipinski definition) is 6. The molecule has 1 fully saturated rings. The number of ether oxygens (including phenoxy) is 2.